The molecule has 0 saturated carbocycles. The summed E-state index contributed by atoms with van der Waals surface area (Å²) in [6.07, 6.45) is 1.33. The molecule has 0 aliphatic rings. The highest BCUT2D eigenvalue weighted by molar-refractivity contribution is 7.99. The van der Waals surface area contributed by atoms with Gasteiger partial charge in [0.1, 0.15) is 12.3 Å². The third kappa shape index (κ3) is 4.92. The third-order valence-corrected chi connectivity index (χ3v) is 5.83. The fraction of sp³-hybridized carbons (Fsp3) is 0.125. The van der Waals surface area contributed by atoms with Crippen LogP contribution in [0.5, 0.6) is 11.5 Å². The summed E-state index contributed by atoms with van der Waals surface area (Å²) in [5.41, 5.74) is 6.06. The molecule has 7 nitrogen and oxygen atoms in total. The number of para-hydroxylation sites is 3. The van der Waals surface area contributed by atoms with E-state index in [1.54, 1.807) is 18.2 Å². The minimum Gasteiger partial charge on any atom is -0.870 e. The predicted octanol–water partition coefficient (Wildman–Crippen LogP) is 2.83. The van der Waals surface area contributed by atoms with Gasteiger partial charge in [-0.25, -0.2) is 15.0 Å². The van der Waals surface area contributed by atoms with Crippen molar-refractivity contribution < 1.29 is 19.2 Å². The van der Waals surface area contributed by atoms with Crippen molar-refractivity contribution >= 4 is 34.9 Å². The first-order valence-electron chi connectivity index (χ1n) is 9.99. The van der Waals surface area contributed by atoms with Gasteiger partial charge in [0.2, 0.25) is 0 Å². The first-order chi connectivity index (χ1) is 15.7. The van der Waals surface area contributed by atoms with Crippen molar-refractivity contribution in [3.63, 3.8) is 0 Å². The Morgan fingerprint density at radius 3 is 2.72 bits per heavy atom. The average Bonchev–Trinajstić information content (AvgIpc) is 3.17. The number of benzene rings is 3. The molecule has 0 radical (unpaired) electrons. The Balaban J connectivity index is 1.44. The van der Waals surface area contributed by atoms with Gasteiger partial charge in [-0.3, -0.25) is 4.79 Å². The number of carbonyl (C=O) groups excluding carboxylic acids is 1. The average molecular weight is 447 g/mol. The van der Waals surface area contributed by atoms with Gasteiger partial charge in [-0.15, -0.1) is 0 Å². The summed E-state index contributed by atoms with van der Waals surface area (Å²) in [4.78, 5) is 15.7. The molecule has 0 fully saturated rings. The molecule has 4 aromatic rings. The van der Waals surface area contributed by atoms with Crippen LogP contribution in [-0.4, -0.2) is 30.0 Å². The lowest BCUT2D eigenvalue weighted by Gasteiger charge is -2.14. The summed E-state index contributed by atoms with van der Waals surface area (Å²) in [6.45, 7) is 0.690. The van der Waals surface area contributed by atoms with Crippen molar-refractivity contribution in [3.8, 4) is 11.5 Å². The summed E-state index contributed by atoms with van der Waals surface area (Å²) in [5.74, 6) is -0.145. The van der Waals surface area contributed by atoms with Gasteiger partial charge >= 0.3 is 5.16 Å². The number of H-pyrrole nitrogens is 1. The number of methoxy groups -OCH3 is 1. The van der Waals surface area contributed by atoms with Crippen LogP contribution in [0.15, 0.2) is 83.1 Å². The van der Waals surface area contributed by atoms with Gasteiger partial charge in [-0.05, 0) is 41.1 Å². The SMILES string of the molecule is COc1cccc(C=NNC(=O)CSc2[nH]c3ccccc3[n+]2Cc2ccccc2)c1[O-]. The summed E-state index contributed by atoms with van der Waals surface area (Å²) in [5, 5.41) is 16.9. The minimum absolute atomic E-state index is 0.168. The normalized spacial score (nSPS) is 11.2. The Morgan fingerprint density at radius 1 is 1.12 bits per heavy atom. The molecule has 0 aliphatic heterocycles. The molecular formula is C24H22N4O3S. The first kappa shape index (κ1) is 21.5. The standard InChI is InChI=1S/C24H22N4O3S/c1-31-21-13-7-10-18(23(21)30)14-25-27-22(29)16-32-24-26-19-11-5-6-12-20(19)28(24)15-17-8-3-2-4-9-17/h2-14H,15-16H2,1H3,(H2,25,27,29,30). The Morgan fingerprint density at radius 2 is 1.91 bits per heavy atom. The van der Waals surface area contributed by atoms with Crippen LogP contribution in [0.4, 0.5) is 0 Å². The molecule has 1 aromatic heterocycles. The number of amides is 1. The molecule has 4 rings (SSSR count). The van der Waals surface area contributed by atoms with Crippen molar-refractivity contribution in [2.45, 2.75) is 11.7 Å². The number of hydrogen-bond donors (Lipinski definition) is 2. The summed E-state index contributed by atoms with van der Waals surface area (Å²) < 4.78 is 7.17. The molecule has 8 heteroatoms. The number of hydrazone groups is 1. The highest BCUT2D eigenvalue weighted by Crippen LogP contribution is 2.25. The number of imidazole rings is 1. The largest absolute Gasteiger partial charge is 0.870 e. The van der Waals surface area contributed by atoms with Crippen molar-refractivity contribution in [3.05, 3.63) is 83.9 Å². The van der Waals surface area contributed by atoms with Gasteiger partial charge in [-0.1, -0.05) is 60.3 Å². The highest BCUT2D eigenvalue weighted by Gasteiger charge is 2.20. The van der Waals surface area contributed by atoms with E-state index in [0.717, 1.165) is 16.2 Å². The van der Waals surface area contributed by atoms with E-state index in [-0.39, 0.29) is 23.2 Å². The quantitative estimate of drug-likeness (QED) is 0.188. The zero-order valence-corrected chi connectivity index (χ0v) is 18.3. The number of aromatic amines is 1. The van der Waals surface area contributed by atoms with Crippen molar-refractivity contribution in [2.75, 3.05) is 12.9 Å². The van der Waals surface area contributed by atoms with Gasteiger partial charge in [0.05, 0.1) is 19.1 Å². The van der Waals surface area contributed by atoms with Crippen molar-refractivity contribution in [2.24, 2.45) is 5.10 Å². The molecule has 0 bridgehead atoms. The smallest absolute Gasteiger partial charge is 0.317 e. The zero-order valence-electron chi connectivity index (χ0n) is 17.4. The highest BCUT2D eigenvalue weighted by atomic mass is 32.2. The van der Waals surface area contributed by atoms with Crippen molar-refractivity contribution in [1.82, 2.24) is 10.4 Å². The fourth-order valence-corrected chi connectivity index (χ4v) is 4.11. The van der Waals surface area contributed by atoms with Crippen LogP contribution in [-0.2, 0) is 11.3 Å². The van der Waals surface area contributed by atoms with E-state index in [2.05, 4.69) is 38.3 Å². The lowest BCUT2D eigenvalue weighted by molar-refractivity contribution is -0.700. The second-order valence-corrected chi connectivity index (χ2v) is 7.94. The molecule has 0 unspecified atom stereocenters. The Bertz CT molecular complexity index is 1250. The number of thioether (sulfide) groups is 1. The number of nitrogens with zero attached hydrogens (tertiary/aromatic N) is 2. The van der Waals surface area contributed by atoms with Crippen LogP contribution in [0.2, 0.25) is 0 Å². The number of fused-ring (bicyclic) bond motifs is 1. The number of hydrogen-bond acceptors (Lipinski definition) is 5. The molecule has 3 aromatic carbocycles. The van der Waals surface area contributed by atoms with Gasteiger partial charge in [0.15, 0.2) is 11.0 Å². The lowest BCUT2D eigenvalue weighted by atomic mass is 10.2. The number of rotatable bonds is 8. The maximum atomic E-state index is 12.3. The Hall–Kier alpha value is -3.78. The van der Waals surface area contributed by atoms with Crippen molar-refractivity contribution in [1.29, 1.82) is 0 Å². The minimum atomic E-state index is -0.276. The molecule has 162 valence electrons. The number of nitrogens with one attached hydrogen (secondary N) is 2. The van der Waals surface area contributed by atoms with E-state index in [1.807, 2.05) is 36.4 Å². The van der Waals surface area contributed by atoms with Gasteiger partial charge in [-0.2, -0.15) is 5.10 Å². The number of carbonyl (C=O) groups is 1. The van der Waals surface area contributed by atoms with E-state index in [4.69, 9.17) is 4.74 Å². The topological polar surface area (TPSA) is 93.4 Å². The maximum absolute atomic E-state index is 12.3. The van der Waals surface area contributed by atoms with Gasteiger partial charge in [0.25, 0.3) is 5.91 Å². The second-order valence-electron chi connectivity index (χ2n) is 6.98. The van der Waals surface area contributed by atoms with Crippen LogP contribution in [0, 0.1) is 0 Å². The summed E-state index contributed by atoms with van der Waals surface area (Å²) in [6, 6.07) is 23.1. The van der Waals surface area contributed by atoms with Crippen LogP contribution in [0.1, 0.15) is 11.1 Å². The van der Waals surface area contributed by atoms with E-state index < -0.39 is 0 Å². The molecule has 0 atom stereocenters. The molecule has 1 heterocycles. The number of ether oxygens (including phenoxy) is 1. The molecule has 32 heavy (non-hydrogen) atoms. The predicted molar refractivity (Wildman–Crippen MR) is 123 cm³/mol. The van der Waals surface area contributed by atoms with Crippen LogP contribution in [0.3, 0.4) is 0 Å². The maximum Gasteiger partial charge on any atom is 0.317 e. The van der Waals surface area contributed by atoms with E-state index in [1.165, 1.54) is 30.6 Å². The van der Waals surface area contributed by atoms with E-state index >= 15 is 0 Å². The third-order valence-electron chi connectivity index (χ3n) is 4.83. The summed E-state index contributed by atoms with van der Waals surface area (Å²) >= 11 is 1.40. The molecule has 0 spiro atoms. The molecular weight excluding hydrogens is 424 g/mol. The summed E-state index contributed by atoms with van der Waals surface area (Å²) in [7, 11) is 1.44. The molecule has 0 aliphatic carbocycles. The van der Waals surface area contributed by atoms with Gasteiger partial charge in [0, 0.05) is 0 Å². The van der Waals surface area contributed by atoms with Gasteiger partial charge < -0.3 is 9.84 Å². The lowest BCUT2D eigenvalue weighted by Crippen LogP contribution is -2.36. The van der Waals surface area contributed by atoms with Crippen LogP contribution in [0.25, 0.3) is 11.0 Å². The Kier molecular flexibility index (Phi) is 6.72. The Labute approximate surface area is 189 Å². The van der Waals surface area contributed by atoms with Crippen LogP contribution < -0.4 is 19.8 Å². The van der Waals surface area contributed by atoms with E-state index in [9.17, 15) is 9.90 Å². The monoisotopic (exact) mass is 446 g/mol. The fourth-order valence-electron chi connectivity index (χ4n) is 3.28. The van der Waals surface area contributed by atoms with Crippen LogP contribution >= 0.6 is 11.8 Å². The molecule has 2 N–H and O–H groups in total. The second kappa shape index (κ2) is 10.0. The first-order valence-corrected chi connectivity index (χ1v) is 11.0. The van der Waals surface area contributed by atoms with E-state index in [0.29, 0.717) is 12.1 Å². The zero-order chi connectivity index (χ0) is 22.3. The molecule has 1 amide bonds. The molecule has 0 saturated heterocycles. The number of aromatic nitrogens is 2.